The summed E-state index contributed by atoms with van der Waals surface area (Å²) in [5, 5.41) is 9.48. The highest BCUT2D eigenvalue weighted by Crippen LogP contribution is 1.82. The summed E-state index contributed by atoms with van der Waals surface area (Å²) in [5.41, 5.74) is 0. The summed E-state index contributed by atoms with van der Waals surface area (Å²) >= 11 is 0. The molecular weight excluding hydrogens is 136 g/mol. The third-order valence-corrected chi connectivity index (χ3v) is 0.780. The van der Waals surface area contributed by atoms with E-state index in [1.54, 1.807) is 0 Å². The van der Waals surface area contributed by atoms with Gasteiger partial charge in [0, 0.05) is 0 Å². The number of hydrogen-bond donors (Lipinski definition) is 1. The van der Waals surface area contributed by atoms with Gasteiger partial charge in [-0.25, -0.2) is 9.29 Å². The molecule has 0 aromatic heterocycles. The van der Waals surface area contributed by atoms with Gasteiger partial charge in [-0.15, -0.1) is 0 Å². The van der Waals surface area contributed by atoms with Gasteiger partial charge < -0.3 is 0 Å². The molecule has 49 valence electrons. The van der Waals surface area contributed by atoms with Crippen molar-refractivity contribution in [2.45, 2.75) is 0 Å². The lowest BCUT2D eigenvalue weighted by Crippen LogP contribution is -2.06. The second-order valence-electron chi connectivity index (χ2n) is 0.954. The molecule has 0 aliphatic rings. The lowest BCUT2D eigenvalue weighted by Gasteiger charge is -1.91. The van der Waals surface area contributed by atoms with Crippen LogP contribution >= 0.6 is 0 Å². The molecule has 0 saturated carbocycles. The molecule has 0 amide bonds. The molecule has 0 aromatic carbocycles. The third kappa shape index (κ3) is 5.83. The van der Waals surface area contributed by atoms with E-state index in [1.807, 2.05) is 0 Å². The van der Waals surface area contributed by atoms with Crippen molar-refractivity contribution in [3.05, 3.63) is 0 Å². The lowest BCUT2D eigenvalue weighted by atomic mass is 10.8. The summed E-state index contributed by atoms with van der Waals surface area (Å²) in [5.74, 6) is 0. The summed E-state index contributed by atoms with van der Waals surface area (Å²) in [7, 11) is -4.39. The van der Waals surface area contributed by atoms with Crippen LogP contribution in [0.5, 0.6) is 0 Å². The van der Waals surface area contributed by atoms with Gasteiger partial charge in [-0.2, -0.15) is 8.42 Å². The second-order valence-corrected chi connectivity index (χ2v) is 2.04. The van der Waals surface area contributed by atoms with Crippen LogP contribution in [0.2, 0.25) is 0 Å². The largest absolute Gasteiger partial charge is 0.397 e. The van der Waals surface area contributed by atoms with Crippen molar-refractivity contribution in [3.8, 4) is 0 Å². The molecule has 0 aromatic rings. The minimum atomic E-state index is -4.39. The van der Waals surface area contributed by atoms with Crippen LogP contribution in [-0.4, -0.2) is 26.2 Å². The molecule has 0 rings (SSSR count). The highest BCUT2D eigenvalue weighted by molar-refractivity contribution is 7.80. The Morgan fingerprint density at radius 1 is 1.50 bits per heavy atom. The van der Waals surface area contributed by atoms with E-state index in [2.05, 4.69) is 4.18 Å². The number of rotatable bonds is 3. The molecule has 0 spiro atoms. The summed E-state index contributed by atoms with van der Waals surface area (Å²) in [4.78, 5) is 0. The molecule has 8 heavy (non-hydrogen) atoms. The van der Waals surface area contributed by atoms with Gasteiger partial charge in [0.15, 0.2) is 0 Å². The van der Waals surface area contributed by atoms with E-state index >= 15 is 0 Å². The fourth-order valence-electron chi connectivity index (χ4n) is 0.139. The van der Waals surface area contributed by atoms with Gasteiger partial charge in [0.05, 0.1) is 6.61 Å². The van der Waals surface area contributed by atoms with Crippen LogP contribution in [0.3, 0.4) is 0 Å². The molecule has 0 unspecified atom stereocenters. The zero-order valence-electron chi connectivity index (χ0n) is 3.90. The highest BCUT2D eigenvalue weighted by Gasteiger charge is 2.00. The van der Waals surface area contributed by atoms with Crippen LogP contribution in [0.1, 0.15) is 0 Å². The Morgan fingerprint density at radius 2 is 2.00 bits per heavy atom. The van der Waals surface area contributed by atoms with Gasteiger partial charge in [-0.3, -0.25) is 4.55 Å². The third-order valence-electron chi connectivity index (χ3n) is 0.316. The van der Waals surface area contributed by atoms with Gasteiger partial charge in [-0.1, -0.05) is 0 Å². The quantitative estimate of drug-likeness (QED) is 0.523. The molecule has 6 heteroatoms. The van der Waals surface area contributed by atoms with Crippen LogP contribution in [0.15, 0.2) is 0 Å². The van der Waals surface area contributed by atoms with Crippen molar-refractivity contribution in [3.63, 3.8) is 0 Å². The predicted octanol–water partition coefficient (Wildman–Crippen LogP) is -0.764. The smallest absolute Gasteiger partial charge is 0.264 e. The number of hydrogen-bond acceptors (Lipinski definition) is 3. The maximum Gasteiger partial charge on any atom is 0.397 e. The van der Waals surface area contributed by atoms with Crippen molar-refractivity contribution in [1.29, 1.82) is 0 Å². The fourth-order valence-corrected chi connectivity index (χ4v) is 0.418. The Labute approximate surface area is 46.8 Å². The molecule has 0 bridgehead atoms. The topological polar surface area (TPSA) is 83.5 Å². The molecule has 0 heterocycles. The Hall–Kier alpha value is -0.170. The van der Waals surface area contributed by atoms with Gasteiger partial charge in [0.25, 0.3) is 0 Å². The molecule has 0 fully saturated rings. The molecule has 0 saturated heterocycles. The summed E-state index contributed by atoms with van der Waals surface area (Å²) in [6, 6.07) is 0. The van der Waals surface area contributed by atoms with Gasteiger partial charge in [0.1, 0.15) is 6.61 Å². The van der Waals surface area contributed by atoms with Crippen LogP contribution < -0.4 is 0 Å². The molecule has 0 aliphatic carbocycles. The standard InChI is InChI=1S/C2H5O5S/c3-1-2-7-8(4,5)6/h1-2H2,(H,4,5,6). The van der Waals surface area contributed by atoms with Crippen LogP contribution in [-0.2, 0) is 19.7 Å². The monoisotopic (exact) mass is 141 g/mol. The Kier molecular flexibility index (Phi) is 2.91. The van der Waals surface area contributed by atoms with Crippen molar-refractivity contribution in [1.82, 2.24) is 0 Å². The SMILES string of the molecule is [O]CCOS(=O)(=O)O. The Morgan fingerprint density at radius 3 is 2.12 bits per heavy atom. The lowest BCUT2D eigenvalue weighted by molar-refractivity contribution is 0.133. The average molecular weight is 141 g/mol. The fraction of sp³-hybridized carbons (Fsp3) is 1.00. The van der Waals surface area contributed by atoms with E-state index < -0.39 is 23.6 Å². The van der Waals surface area contributed by atoms with E-state index in [0.717, 1.165) is 0 Å². The highest BCUT2D eigenvalue weighted by atomic mass is 32.3. The van der Waals surface area contributed by atoms with Crippen molar-refractivity contribution in [2.75, 3.05) is 13.2 Å². The zero-order chi connectivity index (χ0) is 6.62. The van der Waals surface area contributed by atoms with Gasteiger partial charge in [0.2, 0.25) is 0 Å². The van der Waals surface area contributed by atoms with Gasteiger partial charge in [-0.05, 0) is 0 Å². The first-order valence-corrected chi connectivity index (χ1v) is 3.13. The molecule has 5 nitrogen and oxygen atoms in total. The van der Waals surface area contributed by atoms with E-state index in [9.17, 15) is 13.5 Å². The summed E-state index contributed by atoms with van der Waals surface area (Å²) < 4.78 is 30.5. The van der Waals surface area contributed by atoms with Crippen LogP contribution in [0.25, 0.3) is 0 Å². The minimum Gasteiger partial charge on any atom is -0.264 e. The summed E-state index contributed by atoms with van der Waals surface area (Å²) in [6.07, 6.45) is 0. The Balaban J connectivity index is 3.42. The maximum absolute atomic E-state index is 9.58. The first-order valence-electron chi connectivity index (χ1n) is 1.76. The average Bonchev–Trinajstić information content (AvgIpc) is 1.59. The molecule has 0 atom stereocenters. The first-order chi connectivity index (χ1) is 3.56. The molecular formula is C2H5O5S. The summed E-state index contributed by atoms with van der Waals surface area (Å²) in [6.45, 7) is -1.20. The van der Waals surface area contributed by atoms with E-state index in [-0.39, 0.29) is 0 Å². The Bertz CT molecular complexity index is 135. The predicted molar refractivity (Wildman–Crippen MR) is 23.1 cm³/mol. The molecule has 0 aliphatic heterocycles. The van der Waals surface area contributed by atoms with Crippen molar-refractivity contribution < 1.29 is 22.3 Å². The van der Waals surface area contributed by atoms with E-state index in [4.69, 9.17) is 4.55 Å². The maximum atomic E-state index is 9.58. The van der Waals surface area contributed by atoms with E-state index in [1.165, 1.54) is 0 Å². The molecule has 1 N–H and O–H groups in total. The normalized spacial score (nSPS) is 11.8. The minimum absolute atomic E-state index is 0.515. The second kappa shape index (κ2) is 2.98. The zero-order valence-corrected chi connectivity index (χ0v) is 4.72. The van der Waals surface area contributed by atoms with Gasteiger partial charge >= 0.3 is 10.4 Å². The van der Waals surface area contributed by atoms with Crippen LogP contribution in [0.4, 0.5) is 0 Å². The van der Waals surface area contributed by atoms with Crippen molar-refractivity contribution in [2.24, 2.45) is 0 Å². The van der Waals surface area contributed by atoms with E-state index in [0.29, 0.717) is 0 Å². The van der Waals surface area contributed by atoms with Crippen LogP contribution in [0, 0.1) is 0 Å². The first kappa shape index (κ1) is 7.83. The molecule has 1 radical (unpaired) electrons. The van der Waals surface area contributed by atoms with Crippen molar-refractivity contribution >= 4 is 10.4 Å².